The molecule has 1 atom stereocenters. The predicted octanol–water partition coefficient (Wildman–Crippen LogP) is 3.50. The molecule has 0 spiro atoms. The van der Waals surface area contributed by atoms with Crippen molar-refractivity contribution in [2.45, 2.75) is 38.5 Å². The van der Waals surface area contributed by atoms with Gasteiger partial charge in [-0.05, 0) is 43.0 Å². The molecule has 1 aliphatic rings. The fourth-order valence-corrected chi connectivity index (χ4v) is 3.17. The summed E-state index contributed by atoms with van der Waals surface area (Å²) in [6, 6.07) is 18.3. The van der Waals surface area contributed by atoms with Crippen LogP contribution in [0.25, 0.3) is 0 Å². The summed E-state index contributed by atoms with van der Waals surface area (Å²) in [6.07, 6.45) is 2.21. The maximum atomic E-state index is 5.83. The number of nitrogens with one attached hydrogen (secondary N) is 2. The third-order valence-electron chi connectivity index (χ3n) is 4.75. The monoisotopic (exact) mass is 367 g/mol. The topological polar surface area (TPSA) is 54.9 Å². The molecule has 1 unspecified atom stereocenters. The molecule has 5 heteroatoms. The van der Waals surface area contributed by atoms with Crippen molar-refractivity contribution >= 4 is 5.96 Å². The van der Waals surface area contributed by atoms with Crippen LogP contribution in [0.5, 0.6) is 5.75 Å². The van der Waals surface area contributed by atoms with Crippen LogP contribution in [-0.4, -0.2) is 31.8 Å². The van der Waals surface area contributed by atoms with Gasteiger partial charge >= 0.3 is 0 Å². The van der Waals surface area contributed by atoms with E-state index in [4.69, 9.17) is 9.47 Å². The first-order valence-electron chi connectivity index (χ1n) is 9.51. The molecule has 0 aliphatic carbocycles. The van der Waals surface area contributed by atoms with Crippen molar-refractivity contribution in [3.63, 3.8) is 0 Å². The first-order valence-corrected chi connectivity index (χ1v) is 9.51. The molecule has 1 heterocycles. The lowest BCUT2D eigenvalue weighted by Crippen LogP contribution is -2.45. The van der Waals surface area contributed by atoms with Crippen LogP contribution in [0.2, 0.25) is 0 Å². The highest BCUT2D eigenvalue weighted by Crippen LogP contribution is 2.23. The van der Waals surface area contributed by atoms with Crippen LogP contribution in [0.15, 0.2) is 59.6 Å². The van der Waals surface area contributed by atoms with Crippen LogP contribution in [-0.2, 0) is 17.9 Å². The Hall–Kier alpha value is -2.53. The zero-order chi connectivity index (χ0) is 19.0. The lowest BCUT2D eigenvalue weighted by Gasteiger charge is -2.24. The Balaban J connectivity index is 1.48. The molecule has 0 bridgehead atoms. The quantitative estimate of drug-likeness (QED) is 0.581. The number of hydrogen-bond donors (Lipinski definition) is 2. The van der Waals surface area contributed by atoms with Gasteiger partial charge in [-0.2, -0.15) is 0 Å². The molecule has 0 radical (unpaired) electrons. The Morgan fingerprint density at radius 1 is 1.11 bits per heavy atom. The number of aliphatic imine (C=N–C) groups is 1. The van der Waals surface area contributed by atoms with Crippen LogP contribution in [0.3, 0.4) is 0 Å². The average Bonchev–Trinajstić information content (AvgIpc) is 3.14. The summed E-state index contributed by atoms with van der Waals surface area (Å²) in [4.78, 5) is 4.31. The first kappa shape index (κ1) is 19.2. The van der Waals surface area contributed by atoms with Gasteiger partial charge in [0.25, 0.3) is 0 Å². The molecule has 1 aliphatic heterocycles. The maximum Gasteiger partial charge on any atom is 0.191 e. The summed E-state index contributed by atoms with van der Waals surface area (Å²) in [6.45, 7) is 5.02. The molecular formula is C22H29N3O2. The minimum atomic E-state index is -0.0910. The molecule has 5 nitrogen and oxygen atoms in total. The molecule has 144 valence electrons. The van der Waals surface area contributed by atoms with Gasteiger partial charge in [0.1, 0.15) is 12.4 Å². The van der Waals surface area contributed by atoms with E-state index in [1.807, 2.05) is 30.3 Å². The molecule has 1 fully saturated rings. The van der Waals surface area contributed by atoms with E-state index in [1.54, 1.807) is 7.05 Å². The molecule has 0 amide bonds. The molecule has 2 aromatic carbocycles. The SMILES string of the molecule is CN=C(NCc1cccc(COc2ccccc2)c1)NCC1(C)CCCO1. The zero-order valence-corrected chi connectivity index (χ0v) is 16.2. The number of nitrogens with zero attached hydrogens (tertiary/aromatic N) is 1. The van der Waals surface area contributed by atoms with Gasteiger partial charge in [-0.1, -0.05) is 42.5 Å². The summed E-state index contributed by atoms with van der Waals surface area (Å²) in [5.74, 6) is 1.67. The predicted molar refractivity (Wildman–Crippen MR) is 109 cm³/mol. The van der Waals surface area contributed by atoms with E-state index in [0.717, 1.165) is 43.3 Å². The van der Waals surface area contributed by atoms with E-state index in [0.29, 0.717) is 13.2 Å². The normalized spacial score (nSPS) is 19.7. The van der Waals surface area contributed by atoms with E-state index in [2.05, 4.69) is 46.8 Å². The van der Waals surface area contributed by atoms with E-state index in [1.165, 1.54) is 5.56 Å². The zero-order valence-electron chi connectivity index (χ0n) is 16.2. The second kappa shape index (κ2) is 9.42. The Bertz CT molecular complexity index is 740. The summed E-state index contributed by atoms with van der Waals surface area (Å²) in [5.41, 5.74) is 2.25. The van der Waals surface area contributed by atoms with Gasteiger partial charge in [0.15, 0.2) is 5.96 Å². The van der Waals surface area contributed by atoms with Crippen molar-refractivity contribution < 1.29 is 9.47 Å². The minimum absolute atomic E-state index is 0.0910. The molecule has 2 aromatic rings. The van der Waals surface area contributed by atoms with E-state index < -0.39 is 0 Å². The lowest BCUT2D eigenvalue weighted by molar-refractivity contribution is 0.0243. The van der Waals surface area contributed by atoms with Crippen molar-refractivity contribution in [1.82, 2.24) is 10.6 Å². The van der Waals surface area contributed by atoms with Crippen molar-refractivity contribution in [1.29, 1.82) is 0 Å². The van der Waals surface area contributed by atoms with E-state index in [-0.39, 0.29) is 5.60 Å². The third kappa shape index (κ3) is 6.00. The highest BCUT2D eigenvalue weighted by molar-refractivity contribution is 5.79. The standard InChI is InChI=1S/C22H29N3O2/c1-22(12-7-13-27-22)17-25-21(23-2)24-15-18-8-6-9-19(14-18)16-26-20-10-4-3-5-11-20/h3-6,8-11,14H,7,12-13,15-17H2,1-2H3,(H2,23,24,25). The fourth-order valence-electron chi connectivity index (χ4n) is 3.17. The highest BCUT2D eigenvalue weighted by Gasteiger charge is 2.29. The second-order valence-electron chi connectivity index (χ2n) is 7.10. The number of hydrogen-bond acceptors (Lipinski definition) is 3. The van der Waals surface area contributed by atoms with Crippen molar-refractivity contribution in [2.24, 2.45) is 4.99 Å². The summed E-state index contributed by atoms with van der Waals surface area (Å²) >= 11 is 0. The molecule has 2 N–H and O–H groups in total. The van der Waals surface area contributed by atoms with Gasteiger partial charge in [0.2, 0.25) is 0 Å². The third-order valence-corrected chi connectivity index (χ3v) is 4.75. The van der Waals surface area contributed by atoms with Crippen molar-refractivity contribution in [3.8, 4) is 5.75 Å². The Kier molecular flexibility index (Phi) is 6.71. The van der Waals surface area contributed by atoms with Crippen molar-refractivity contribution in [2.75, 3.05) is 20.2 Å². The number of rotatable bonds is 7. The molecule has 3 rings (SSSR count). The Morgan fingerprint density at radius 3 is 2.67 bits per heavy atom. The summed E-state index contributed by atoms with van der Waals surface area (Å²) < 4.78 is 11.6. The smallest absolute Gasteiger partial charge is 0.191 e. The van der Waals surface area contributed by atoms with E-state index in [9.17, 15) is 0 Å². The molecule has 0 aromatic heterocycles. The fraction of sp³-hybridized carbons (Fsp3) is 0.409. The number of para-hydroxylation sites is 1. The first-order chi connectivity index (χ1) is 13.2. The van der Waals surface area contributed by atoms with Gasteiger partial charge in [0, 0.05) is 26.7 Å². The molecule has 27 heavy (non-hydrogen) atoms. The van der Waals surface area contributed by atoms with Crippen LogP contribution in [0, 0.1) is 0 Å². The summed E-state index contributed by atoms with van der Waals surface area (Å²) in [7, 11) is 1.79. The number of benzene rings is 2. The average molecular weight is 367 g/mol. The van der Waals surface area contributed by atoms with Crippen LogP contribution in [0.1, 0.15) is 30.9 Å². The number of ether oxygens (including phenoxy) is 2. The van der Waals surface area contributed by atoms with Crippen molar-refractivity contribution in [3.05, 3.63) is 65.7 Å². The van der Waals surface area contributed by atoms with Crippen LogP contribution >= 0.6 is 0 Å². The molecular weight excluding hydrogens is 338 g/mol. The van der Waals surface area contributed by atoms with Crippen LogP contribution in [0.4, 0.5) is 0 Å². The van der Waals surface area contributed by atoms with Gasteiger partial charge in [-0.3, -0.25) is 4.99 Å². The Morgan fingerprint density at radius 2 is 1.93 bits per heavy atom. The highest BCUT2D eigenvalue weighted by atomic mass is 16.5. The number of guanidine groups is 1. The van der Waals surface area contributed by atoms with Gasteiger partial charge < -0.3 is 20.1 Å². The molecule has 0 saturated carbocycles. The largest absolute Gasteiger partial charge is 0.489 e. The second-order valence-corrected chi connectivity index (χ2v) is 7.10. The Labute approximate surface area is 161 Å². The maximum absolute atomic E-state index is 5.83. The summed E-state index contributed by atoms with van der Waals surface area (Å²) in [5, 5.41) is 6.74. The van der Waals surface area contributed by atoms with Gasteiger partial charge in [-0.25, -0.2) is 0 Å². The molecule has 1 saturated heterocycles. The minimum Gasteiger partial charge on any atom is -0.489 e. The van der Waals surface area contributed by atoms with Gasteiger partial charge in [-0.15, -0.1) is 0 Å². The van der Waals surface area contributed by atoms with Gasteiger partial charge in [0.05, 0.1) is 5.60 Å². The van der Waals surface area contributed by atoms with E-state index >= 15 is 0 Å². The van der Waals surface area contributed by atoms with Crippen LogP contribution < -0.4 is 15.4 Å². The lowest BCUT2D eigenvalue weighted by atomic mass is 10.0.